The van der Waals surface area contributed by atoms with Crippen LogP contribution in [0.15, 0.2) is 0 Å². The van der Waals surface area contributed by atoms with Crippen molar-refractivity contribution in [3.8, 4) is 0 Å². The van der Waals surface area contributed by atoms with Crippen LogP contribution in [0.3, 0.4) is 0 Å². The molecule has 0 radical (unpaired) electrons. The Balaban J connectivity index is 1.87. The molecule has 20 heavy (non-hydrogen) atoms. The number of carbonyl (C=O) groups is 1. The van der Waals surface area contributed by atoms with E-state index in [1.54, 1.807) is 0 Å². The molecule has 0 aromatic rings. The second kappa shape index (κ2) is 6.82. The number of hydrogen-bond donors (Lipinski definition) is 1. The Labute approximate surface area is 123 Å². The third-order valence-corrected chi connectivity index (χ3v) is 5.38. The van der Waals surface area contributed by atoms with Crippen molar-refractivity contribution in [2.24, 2.45) is 23.7 Å². The first-order valence-corrected chi connectivity index (χ1v) is 8.44. The molecule has 0 aromatic heterocycles. The Morgan fingerprint density at radius 1 is 1.15 bits per heavy atom. The van der Waals surface area contributed by atoms with Crippen LogP contribution in [0.25, 0.3) is 0 Å². The maximum Gasteiger partial charge on any atom is 0.407 e. The fourth-order valence-electron chi connectivity index (χ4n) is 3.93. The number of hydrogen-bond acceptors (Lipinski definition) is 2. The fraction of sp³-hybridized carbons (Fsp3) is 0.941. The van der Waals surface area contributed by atoms with Crippen LogP contribution in [0.1, 0.15) is 66.2 Å². The molecule has 0 bridgehead atoms. The third kappa shape index (κ3) is 3.89. The number of amides is 1. The van der Waals surface area contributed by atoms with Crippen LogP contribution in [0.2, 0.25) is 0 Å². The standard InChI is InChI=1S/C17H31NO2/c1-11(2)14-9-8-12(3)10-16(14)20-17(19)18-15-7-5-6-13(15)4/h11-16H,5-10H2,1-4H3,(H,18,19)/t12-,13?,14+,15+,16-/m1/s1. The minimum absolute atomic E-state index is 0.107. The van der Waals surface area contributed by atoms with Gasteiger partial charge in [0.1, 0.15) is 6.10 Å². The summed E-state index contributed by atoms with van der Waals surface area (Å²) in [7, 11) is 0. The van der Waals surface area contributed by atoms with Gasteiger partial charge in [-0.3, -0.25) is 0 Å². The van der Waals surface area contributed by atoms with Crippen LogP contribution in [-0.4, -0.2) is 18.2 Å². The highest BCUT2D eigenvalue weighted by atomic mass is 16.6. The highest BCUT2D eigenvalue weighted by Gasteiger charge is 2.34. The average Bonchev–Trinajstić information content (AvgIpc) is 2.74. The van der Waals surface area contributed by atoms with Gasteiger partial charge in [0.25, 0.3) is 0 Å². The van der Waals surface area contributed by atoms with Crippen molar-refractivity contribution in [2.75, 3.05) is 0 Å². The molecule has 0 saturated heterocycles. The highest BCUT2D eigenvalue weighted by molar-refractivity contribution is 5.68. The molecule has 0 spiro atoms. The van der Waals surface area contributed by atoms with Gasteiger partial charge in [0, 0.05) is 6.04 Å². The normalized spacial score (nSPS) is 38.0. The van der Waals surface area contributed by atoms with Crippen LogP contribution in [0.4, 0.5) is 4.79 Å². The molecule has 2 aliphatic carbocycles. The van der Waals surface area contributed by atoms with E-state index < -0.39 is 0 Å². The van der Waals surface area contributed by atoms with Gasteiger partial charge in [0.05, 0.1) is 0 Å². The summed E-state index contributed by atoms with van der Waals surface area (Å²) in [5.41, 5.74) is 0. The molecule has 5 atom stereocenters. The van der Waals surface area contributed by atoms with Gasteiger partial charge < -0.3 is 10.1 Å². The van der Waals surface area contributed by atoms with E-state index in [9.17, 15) is 4.79 Å². The third-order valence-electron chi connectivity index (χ3n) is 5.38. The molecule has 2 rings (SSSR count). The molecule has 2 saturated carbocycles. The first kappa shape index (κ1) is 15.7. The van der Waals surface area contributed by atoms with Gasteiger partial charge in [0.15, 0.2) is 0 Å². The molecular formula is C17H31NO2. The Morgan fingerprint density at radius 3 is 2.50 bits per heavy atom. The maximum atomic E-state index is 12.2. The van der Waals surface area contributed by atoms with Crippen molar-refractivity contribution in [1.29, 1.82) is 0 Å². The van der Waals surface area contributed by atoms with E-state index in [1.807, 2.05) is 0 Å². The van der Waals surface area contributed by atoms with E-state index >= 15 is 0 Å². The smallest absolute Gasteiger partial charge is 0.407 e. The van der Waals surface area contributed by atoms with Gasteiger partial charge in [-0.1, -0.05) is 40.5 Å². The van der Waals surface area contributed by atoms with E-state index in [4.69, 9.17) is 4.74 Å². The molecule has 1 amide bonds. The molecule has 0 aromatic carbocycles. The van der Waals surface area contributed by atoms with Crippen molar-refractivity contribution < 1.29 is 9.53 Å². The zero-order chi connectivity index (χ0) is 14.7. The lowest BCUT2D eigenvalue weighted by atomic mass is 9.75. The lowest BCUT2D eigenvalue weighted by molar-refractivity contribution is 0.00453. The Hall–Kier alpha value is -0.730. The van der Waals surface area contributed by atoms with E-state index in [-0.39, 0.29) is 12.2 Å². The van der Waals surface area contributed by atoms with Crippen LogP contribution < -0.4 is 5.32 Å². The zero-order valence-electron chi connectivity index (χ0n) is 13.5. The van der Waals surface area contributed by atoms with Crippen molar-refractivity contribution in [3.05, 3.63) is 0 Å². The van der Waals surface area contributed by atoms with Crippen molar-refractivity contribution in [1.82, 2.24) is 5.32 Å². The van der Waals surface area contributed by atoms with E-state index in [0.29, 0.717) is 29.7 Å². The first-order valence-electron chi connectivity index (χ1n) is 8.44. The van der Waals surface area contributed by atoms with Crippen molar-refractivity contribution in [2.45, 2.75) is 78.4 Å². The van der Waals surface area contributed by atoms with Gasteiger partial charge in [-0.2, -0.15) is 0 Å². The molecule has 116 valence electrons. The van der Waals surface area contributed by atoms with Gasteiger partial charge in [-0.15, -0.1) is 0 Å². The number of rotatable bonds is 3. The summed E-state index contributed by atoms with van der Waals surface area (Å²) in [6, 6.07) is 0.320. The SMILES string of the molecule is CC1CCC[C@@H]1NC(=O)O[C@@H]1C[C@H](C)CC[C@H]1C(C)C. The van der Waals surface area contributed by atoms with Crippen LogP contribution >= 0.6 is 0 Å². The molecule has 1 unspecified atom stereocenters. The van der Waals surface area contributed by atoms with Crippen LogP contribution in [-0.2, 0) is 4.74 Å². The Bertz CT molecular complexity index is 329. The lowest BCUT2D eigenvalue weighted by Crippen LogP contribution is -2.42. The number of carbonyl (C=O) groups excluding carboxylic acids is 1. The summed E-state index contributed by atoms with van der Waals surface area (Å²) < 4.78 is 5.80. The van der Waals surface area contributed by atoms with Crippen LogP contribution in [0.5, 0.6) is 0 Å². The lowest BCUT2D eigenvalue weighted by Gasteiger charge is -2.36. The Kier molecular flexibility index (Phi) is 5.34. The quantitative estimate of drug-likeness (QED) is 0.834. The monoisotopic (exact) mass is 281 g/mol. The second-order valence-corrected chi connectivity index (χ2v) is 7.43. The van der Waals surface area contributed by atoms with Crippen molar-refractivity contribution >= 4 is 6.09 Å². The fourth-order valence-corrected chi connectivity index (χ4v) is 3.93. The molecule has 1 N–H and O–H groups in total. The summed E-state index contributed by atoms with van der Waals surface area (Å²) in [6.07, 6.45) is 6.95. The first-order chi connectivity index (χ1) is 9.47. The number of ether oxygens (including phenoxy) is 1. The van der Waals surface area contributed by atoms with E-state index in [2.05, 4.69) is 33.0 Å². The molecule has 3 nitrogen and oxygen atoms in total. The predicted octanol–water partition coefficient (Wildman–Crippen LogP) is 4.36. The maximum absolute atomic E-state index is 12.2. The van der Waals surface area contributed by atoms with Gasteiger partial charge >= 0.3 is 6.09 Å². The van der Waals surface area contributed by atoms with Gasteiger partial charge in [-0.25, -0.2) is 4.79 Å². The minimum atomic E-state index is -0.187. The molecule has 2 aliphatic rings. The number of alkyl carbamates (subject to hydrolysis) is 1. The molecule has 3 heteroatoms. The number of nitrogens with one attached hydrogen (secondary N) is 1. The van der Waals surface area contributed by atoms with Crippen LogP contribution in [0, 0.1) is 23.7 Å². The molecular weight excluding hydrogens is 250 g/mol. The van der Waals surface area contributed by atoms with Gasteiger partial charge in [-0.05, 0) is 49.4 Å². The topological polar surface area (TPSA) is 38.3 Å². The zero-order valence-corrected chi connectivity index (χ0v) is 13.5. The Morgan fingerprint density at radius 2 is 1.90 bits per heavy atom. The summed E-state index contributed by atoms with van der Waals surface area (Å²) in [6.45, 7) is 8.98. The van der Waals surface area contributed by atoms with E-state index in [1.165, 1.54) is 25.7 Å². The van der Waals surface area contributed by atoms with Crippen molar-refractivity contribution in [3.63, 3.8) is 0 Å². The minimum Gasteiger partial charge on any atom is -0.446 e. The second-order valence-electron chi connectivity index (χ2n) is 7.43. The highest BCUT2D eigenvalue weighted by Crippen LogP contribution is 2.35. The molecule has 0 aliphatic heterocycles. The predicted molar refractivity (Wildman–Crippen MR) is 81.6 cm³/mol. The summed E-state index contributed by atoms with van der Waals surface area (Å²) in [4.78, 5) is 12.2. The summed E-state index contributed by atoms with van der Waals surface area (Å²) in [5.74, 6) is 2.38. The van der Waals surface area contributed by atoms with E-state index in [0.717, 1.165) is 12.8 Å². The molecule has 2 fully saturated rings. The van der Waals surface area contributed by atoms with Gasteiger partial charge in [0.2, 0.25) is 0 Å². The largest absolute Gasteiger partial charge is 0.446 e. The summed E-state index contributed by atoms with van der Waals surface area (Å²) >= 11 is 0. The molecule has 0 heterocycles. The summed E-state index contributed by atoms with van der Waals surface area (Å²) in [5, 5.41) is 3.09. The average molecular weight is 281 g/mol.